The number of ether oxygens (including phenoxy) is 2. The molecule has 12 nitrogen and oxygen atoms in total. The number of carboxylic acid groups (broad SMARTS) is 2. The van der Waals surface area contributed by atoms with Crippen LogP contribution in [0.2, 0.25) is 0 Å². The van der Waals surface area contributed by atoms with Crippen LogP contribution in [0.5, 0.6) is 11.5 Å². The molecule has 1 aliphatic carbocycles. The lowest BCUT2D eigenvalue weighted by molar-refractivity contribution is -0.165. The van der Waals surface area contributed by atoms with Crippen LogP contribution in [0.1, 0.15) is 48.8 Å². The molecule has 1 aromatic carbocycles. The normalized spacial score (nSPS) is 21.4. The molecule has 5 N–H and O–H groups in total. The molecule has 1 aliphatic heterocycles. The molecule has 5 atom stereocenters. The monoisotopic (exact) mass is 532 g/mol. The highest BCUT2D eigenvalue weighted by Gasteiger charge is 2.37. The summed E-state index contributed by atoms with van der Waals surface area (Å²) in [5.41, 5.74) is 3.83. The van der Waals surface area contributed by atoms with E-state index in [9.17, 15) is 19.5 Å². The van der Waals surface area contributed by atoms with Gasteiger partial charge in [-0.3, -0.25) is 9.79 Å². The standard InChI is InChI=1S/C22H26N2O4.C4H6O6/c1-4-28-20-10-15-16-9-14(25)6-7-18(16)23-22(17(15)11-19(20)27-3)13-5-8-21(26)24(2)12-13;5-1(3(7)8)2(6)4(9)10/h5,8,10-12,14,16,18,25H,4,6-7,9H2,1-3H3;1-2,5-6H,(H,7,8)(H,9,10)/t14-,16-,18-;/m1./s1. The Hall–Kier alpha value is -3.74. The number of benzene rings is 1. The van der Waals surface area contributed by atoms with Gasteiger partial charge in [-0.1, -0.05) is 0 Å². The van der Waals surface area contributed by atoms with Crippen molar-refractivity contribution < 1.29 is 44.6 Å². The van der Waals surface area contributed by atoms with Gasteiger partial charge in [-0.05, 0) is 49.9 Å². The Labute approximate surface area is 218 Å². The van der Waals surface area contributed by atoms with Crippen LogP contribution in [0, 0.1) is 0 Å². The fraction of sp³-hybridized carbons (Fsp3) is 0.462. The van der Waals surface area contributed by atoms with Crippen molar-refractivity contribution in [2.24, 2.45) is 12.0 Å². The number of nitrogens with zero attached hydrogens (tertiary/aromatic N) is 2. The molecule has 206 valence electrons. The number of carboxylic acids is 2. The van der Waals surface area contributed by atoms with Crippen molar-refractivity contribution in [1.82, 2.24) is 4.57 Å². The second-order valence-corrected chi connectivity index (χ2v) is 9.07. The van der Waals surface area contributed by atoms with Crippen LogP contribution in [0.15, 0.2) is 40.2 Å². The molecule has 2 aliphatic rings. The fourth-order valence-electron chi connectivity index (χ4n) is 4.61. The molecule has 2 aromatic rings. The Morgan fingerprint density at radius 1 is 1.11 bits per heavy atom. The topological polar surface area (TPSA) is 188 Å². The maximum atomic E-state index is 11.8. The van der Waals surface area contributed by atoms with E-state index in [2.05, 4.69) is 0 Å². The summed E-state index contributed by atoms with van der Waals surface area (Å²) in [6.07, 6.45) is -0.715. The smallest absolute Gasteiger partial charge is 0.335 e. The van der Waals surface area contributed by atoms with Crippen LogP contribution in [-0.2, 0) is 16.6 Å². The third-order valence-corrected chi connectivity index (χ3v) is 6.54. The zero-order valence-electron chi connectivity index (χ0n) is 21.3. The van der Waals surface area contributed by atoms with Crippen molar-refractivity contribution in [3.63, 3.8) is 0 Å². The molecule has 1 fully saturated rings. The van der Waals surface area contributed by atoms with Crippen LogP contribution in [0.4, 0.5) is 0 Å². The summed E-state index contributed by atoms with van der Waals surface area (Å²) < 4.78 is 12.9. The Kier molecular flexibility index (Phi) is 9.26. The van der Waals surface area contributed by atoms with Crippen molar-refractivity contribution in [1.29, 1.82) is 0 Å². The second-order valence-electron chi connectivity index (χ2n) is 9.07. The Morgan fingerprint density at radius 2 is 1.76 bits per heavy atom. The minimum absolute atomic E-state index is 0.0525. The number of methoxy groups -OCH3 is 1. The minimum Gasteiger partial charge on any atom is -0.493 e. The van der Waals surface area contributed by atoms with E-state index in [-0.39, 0.29) is 23.6 Å². The van der Waals surface area contributed by atoms with E-state index >= 15 is 0 Å². The van der Waals surface area contributed by atoms with Gasteiger partial charge in [-0.2, -0.15) is 0 Å². The molecule has 0 amide bonds. The van der Waals surface area contributed by atoms with E-state index in [0.29, 0.717) is 24.5 Å². The largest absolute Gasteiger partial charge is 0.493 e. The third kappa shape index (κ3) is 6.21. The molecule has 0 bridgehead atoms. The van der Waals surface area contributed by atoms with Gasteiger partial charge in [-0.25, -0.2) is 9.59 Å². The first-order valence-electron chi connectivity index (χ1n) is 12.1. The van der Waals surface area contributed by atoms with Gasteiger partial charge in [0.1, 0.15) is 0 Å². The summed E-state index contributed by atoms with van der Waals surface area (Å²) >= 11 is 0. The number of aliphatic imine (C=N–C) groups is 1. The number of aromatic nitrogens is 1. The number of pyridine rings is 1. The molecular formula is C26H32N2O10. The SMILES string of the molecule is CCOc1cc2c(cc1OC)C(c1ccc(=O)n(C)c1)=N[C@@H]1CC[C@@H](O)C[C@H]21.O=C(O)C(O)C(O)C(=O)O. The van der Waals surface area contributed by atoms with Crippen LogP contribution in [-0.4, -0.2) is 85.8 Å². The first kappa shape index (κ1) is 28.8. The lowest BCUT2D eigenvalue weighted by atomic mass is 9.74. The maximum absolute atomic E-state index is 11.8. The average Bonchev–Trinajstić information content (AvgIpc) is 2.89. The summed E-state index contributed by atoms with van der Waals surface area (Å²) in [5, 5.41) is 42.8. The molecule has 2 heterocycles. The number of hydrogen-bond acceptors (Lipinski definition) is 9. The Morgan fingerprint density at radius 3 is 2.32 bits per heavy atom. The first-order chi connectivity index (χ1) is 18.0. The van der Waals surface area contributed by atoms with Crippen molar-refractivity contribution in [3.05, 3.63) is 57.5 Å². The van der Waals surface area contributed by atoms with Gasteiger partial charge in [0, 0.05) is 36.4 Å². The molecule has 1 aromatic heterocycles. The van der Waals surface area contributed by atoms with Gasteiger partial charge in [0.15, 0.2) is 23.7 Å². The predicted octanol–water partition coefficient (Wildman–Crippen LogP) is 0.518. The number of hydrogen-bond donors (Lipinski definition) is 5. The molecular weight excluding hydrogens is 500 g/mol. The minimum atomic E-state index is -2.27. The van der Waals surface area contributed by atoms with Crippen LogP contribution >= 0.6 is 0 Å². The lowest BCUT2D eigenvalue weighted by Gasteiger charge is -2.37. The maximum Gasteiger partial charge on any atom is 0.335 e. The fourth-order valence-corrected chi connectivity index (χ4v) is 4.61. The number of aryl methyl sites for hydroxylation is 1. The second kappa shape index (κ2) is 12.2. The number of rotatable bonds is 7. The highest BCUT2D eigenvalue weighted by molar-refractivity contribution is 6.14. The van der Waals surface area contributed by atoms with E-state index < -0.39 is 24.1 Å². The number of aliphatic carboxylic acids is 2. The van der Waals surface area contributed by atoms with Crippen LogP contribution < -0.4 is 15.0 Å². The number of aliphatic hydroxyl groups excluding tert-OH is 3. The van der Waals surface area contributed by atoms with E-state index in [0.717, 1.165) is 35.2 Å². The average molecular weight is 533 g/mol. The van der Waals surface area contributed by atoms with Gasteiger partial charge < -0.3 is 39.6 Å². The molecule has 4 rings (SSSR count). The summed E-state index contributed by atoms with van der Waals surface area (Å²) in [6, 6.07) is 7.53. The summed E-state index contributed by atoms with van der Waals surface area (Å²) in [5.74, 6) is -2.01. The number of carbonyl (C=O) groups is 2. The van der Waals surface area contributed by atoms with E-state index in [1.54, 1.807) is 24.8 Å². The first-order valence-corrected chi connectivity index (χ1v) is 12.1. The highest BCUT2D eigenvalue weighted by atomic mass is 16.5. The molecule has 38 heavy (non-hydrogen) atoms. The molecule has 0 spiro atoms. The number of fused-ring (bicyclic) bond motifs is 3. The molecule has 12 heteroatoms. The van der Waals surface area contributed by atoms with Gasteiger partial charge in [0.2, 0.25) is 5.56 Å². The van der Waals surface area contributed by atoms with Crippen molar-refractivity contribution in [3.8, 4) is 11.5 Å². The van der Waals surface area contributed by atoms with Crippen molar-refractivity contribution in [2.75, 3.05) is 13.7 Å². The van der Waals surface area contributed by atoms with Gasteiger partial charge in [0.05, 0.1) is 31.6 Å². The van der Waals surface area contributed by atoms with Gasteiger partial charge >= 0.3 is 11.9 Å². The zero-order valence-corrected chi connectivity index (χ0v) is 21.3. The predicted molar refractivity (Wildman–Crippen MR) is 135 cm³/mol. The Bertz CT molecular complexity index is 1250. The van der Waals surface area contributed by atoms with Crippen molar-refractivity contribution >= 4 is 17.7 Å². The molecule has 0 radical (unpaired) electrons. The zero-order chi connectivity index (χ0) is 28.1. The summed E-state index contributed by atoms with van der Waals surface area (Å²) in [4.78, 5) is 36.4. The van der Waals surface area contributed by atoms with E-state index in [4.69, 9.17) is 34.9 Å². The Balaban J connectivity index is 0.000000342. The van der Waals surface area contributed by atoms with Crippen LogP contribution in [0.3, 0.4) is 0 Å². The highest BCUT2D eigenvalue weighted by Crippen LogP contribution is 2.44. The van der Waals surface area contributed by atoms with Crippen LogP contribution in [0.25, 0.3) is 0 Å². The molecule has 0 saturated heterocycles. The summed E-state index contributed by atoms with van der Waals surface area (Å²) in [7, 11) is 3.37. The van der Waals surface area contributed by atoms with Crippen molar-refractivity contribution in [2.45, 2.75) is 56.5 Å². The lowest BCUT2D eigenvalue weighted by Crippen LogP contribution is -2.39. The van der Waals surface area contributed by atoms with Gasteiger partial charge in [0.25, 0.3) is 0 Å². The third-order valence-electron chi connectivity index (χ3n) is 6.54. The van der Waals surface area contributed by atoms with E-state index in [1.165, 1.54) is 0 Å². The van der Waals surface area contributed by atoms with Gasteiger partial charge in [-0.15, -0.1) is 0 Å². The molecule has 2 unspecified atom stereocenters. The molecule has 1 saturated carbocycles. The number of aliphatic hydroxyl groups is 3. The summed E-state index contributed by atoms with van der Waals surface area (Å²) in [6.45, 7) is 2.50. The van der Waals surface area contributed by atoms with E-state index in [1.807, 2.05) is 31.3 Å². The quantitative estimate of drug-likeness (QED) is 0.336.